The van der Waals surface area contributed by atoms with E-state index in [9.17, 15) is 0 Å². The van der Waals surface area contributed by atoms with Gasteiger partial charge in [-0.15, -0.1) is 0 Å². The number of halogens is 1. The average Bonchev–Trinajstić information content (AvgIpc) is 2.44. The van der Waals surface area contributed by atoms with E-state index in [1.807, 2.05) is 25.2 Å². The molecule has 84 valence electrons. The molecule has 1 saturated heterocycles. The molecule has 0 bridgehead atoms. The second-order valence-electron chi connectivity index (χ2n) is 3.83. The van der Waals surface area contributed by atoms with E-state index in [-0.39, 0.29) is 12.1 Å². The third-order valence-corrected chi connectivity index (χ3v) is 7.05. The van der Waals surface area contributed by atoms with Gasteiger partial charge in [-0.2, -0.15) is 0 Å². The summed E-state index contributed by atoms with van der Waals surface area (Å²) in [4.78, 5) is 0. The van der Waals surface area contributed by atoms with E-state index < -0.39 is 6.19 Å². The first-order valence-electron chi connectivity index (χ1n) is 4.89. The van der Waals surface area contributed by atoms with Crippen LogP contribution in [0.5, 0.6) is 0 Å². The average molecular weight is 264 g/mol. The molecule has 1 aliphatic heterocycles. The number of nitrogens with zero attached hydrogens (tertiary/aromatic N) is 1. The first kappa shape index (κ1) is 11.7. The van der Waals surface area contributed by atoms with Gasteiger partial charge in [0.05, 0.1) is 0 Å². The van der Waals surface area contributed by atoms with E-state index in [4.69, 9.17) is 15.8 Å². The van der Waals surface area contributed by atoms with Gasteiger partial charge in [0.1, 0.15) is 0 Å². The Kier molecular flexibility index (Phi) is 3.30. The van der Waals surface area contributed by atoms with Crippen molar-refractivity contribution in [3.05, 3.63) is 35.9 Å². The quantitative estimate of drug-likeness (QED) is 0.613. The molecule has 0 aliphatic carbocycles. The summed E-state index contributed by atoms with van der Waals surface area (Å²) in [7, 11) is 1.97. The summed E-state index contributed by atoms with van der Waals surface area (Å²) in [6, 6.07) is 10.4. The molecule has 0 saturated carbocycles. The zero-order valence-corrected chi connectivity index (χ0v) is 11.4. The molecule has 2 rings (SSSR count). The third kappa shape index (κ3) is 2.17. The fourth-order valence-electron chi connectivity index (χ4n) is 1.79. The Balaban J connectivity index is 2.27. The Morgan fingerprint density at radius 2 is 2.00 bits per heavy atom. The molecule has 0 spiro atoms. The molecular weight excluding hydrogens is 249 g/mol. The number of likely N-dealkylation sites (N-methyl/N-ethyl adjacent to an activating group) is 1. The van der Waals surface area contributed by atoms with Gasteiger partial charge < -0.3 is 0 Å². The van der Waals surface area contributed by atoms with Crippen molar-refractivity contribution < 1.29 is 4.52 Å². The topological polar surface area (TPSA) is 12.5 Å². The van der Waals surface area contributed by atoms with Crippen LogP contribution in [-0.2, 0) is 4.52 Å². The molecule has 0 N–H and O–H groups in total. The van der Waals surface area contributed by atoms with Gasteiger partial charge in [0.25, 0.3) is 0 Å². The van der Waals surface area contributed by atoms with E-state index in [0.29, 0.717) is 0 Å². The predicted octanol–water partition coefficient (Wildman–Crippen LogP) is 3.66. The third-order valence-electron chi connectivity index (χ3n) is 2.89. The monoisotopic (exact) mass is 263 g/mol. The van der Waals surface area contributed by atoms with Crippen LogP contribution in [0.4, 0.5) is 0 Å². The van der Waals surface area contributed by atoms with Gasteiger partial charge in [-0.05, 0) is 0 Å². The molecule has 0 radical (unpaired) electrons. The Bertz CT molecular complexity index is 349. The van der Waals surface area contributed by atoms with Crippen LogP contribution in [0.15, 0.2) is 30.3 Å². The van der Waals surface area contributed by atoms with Crippen molar-refractivity contribution in [3.8, 4) is 0 Å². The van der Waals surface area contributed by atoms with Crippen molar-refractivity contribution in [2.45, 2.75) is 19.1 Å². The Labute approximate surface area is 101 Å². The van der Waals surface area contributed by atoms with Gasteiger partial charge in [0.15, 0.2) is 0 Å². The second-order valence-corrected chi connectivity index (χ2v) is 9.97. The van der Waals surface area contributed by atoms with Gasteiger partial charge in [-0.1, -0.05) is 0 Å². The van der Waals surface area contributed by atoms with E-state index >= 15 is 0 Å². The Morgan fingerprint density at radius 3 is 2.47 bits per heavy atom. The van der Waals surface area contributed by atoms with Crippen molar-refractivity contribution >= 4 is 29.7 Å². The van der Waals surface area contributed by atoms with E-state index in [0.717, 1.165) is 0 Å². The maximum atomic E-state index is 6.26. The molecule has 15 heavy (non-hydrogen) atoms. The zero-order chi connectivity index (χ0) is 11.1. The SMILES string of the molecule is C[C@H]1[C@@H](c2ccccc2)O[PH](S)(Cl)N1C. The first-order chi connectivity index (χ1) is 7.02. The number of benzene rings is 1. The molecule has 1 aliphatic rings. The van der Waals surface area contributed by atoms with Crippen LogP contribution in [0.1, 0.15) is 18.6 Å². The van der Waals surface area contributed by atoms with Crippen LogP contribution in [0.2, 0.25) is 0 Å². The normalized spacial score (nSPS) is 32.8. The fourth-order valence-corrected chi connectivity index (χ4v) is 4.88. The summed E-state index contributed by atoms with van der Waals surface area (Å²) in [5, 5.41) is 0. The molecule has 0 unspecified atom stereocenters. The van der Waals surface area contributed by atoms with Crippen LogP contribution in [0.25, 0.3) is 0 Å². The summed E-state index contributed by atoms with van der Waals surface area (Å²) < 4.78 is 7.90. The molecular formula is C10H15ClNOPS. The van der Waals surface area contributed by atoms with Crippen LogP contribution in [0, 0.1) is 0 Å². The molecule has 1 fully saturated rings. The minimum atomic E-state index is -2.45. The van der Waals surface area contributed by atoms with Crippen LogP contribution in [0.3, 0.4) is 0 Å². The van der Waals surface area contributed by atoms with E-state index in [2.05, 4.69) is 36.0 Å². The molecule has 5 heteroatoms. The van der Waals surface area contributed by atoms with Gasteiger partial charge in [0.2, 0.25) is 0 Å². The van der Waals surface area contributed by atoms with Crippen molar-refractivity contribution in [3.63, 3.8) is 0 Å². The molecule has 1 aromatic rings. The standard InChI is InChI=1S/C10H15ClNOPS/c1-8-10(9-6-4-3-5-7-9)13-14(11,15)12(8)2/h3-8,10,14-15H,1-2H3/t8-,10-/m0/s1. The number of thiol groups is 1. The fraction of sp³-hybridized carbons (Fsp3) is 0.400. The van der Waals surface area contributed by atoms with Gasteiger partial charge in [0, 0.05) is 0 Å². The Hall–Kier alpha value is 0.210. The second kappa shape index (κ2) is 4.23. The number of rotatable bonds is 1. The number of hydrogen-bond acceptors (Lipinski definition) is 3. The minimum absolute atomic E-state index is 0.0397. The molecule has 2 atom stereocenters. The molecule has 1 aromatic carbocycles. The zero-order valence-electron chi connectivity index (χ0n) is 8.72. The van der Waals surface area contributed by atoms with Crippen molar-refractivity contribution in [2.75, 3.05) is 7.05 Å². The first-order valence-corrected chi connectivity index (χ1v) is 9.05. The molecule has 0 aromatic heterocycles. The maximum absolute atomic E-state index is 6.26. The predicted molar refractivity (Wildman–Crippen MR) is 70.6 cm³/mol. The van der Waals surface area contributed by atoms with E-state index in [1.165, 1.54) is 5.56 Å². The van der Waals surface area contributed by atoms with Gasteiger partial charge in [-0.25, -0.2) is 0 Å². The number of hydrogen-bond donors (Lipinski definition) is 1. The van der Waals surface area contributed by atoms with Crippen molar-refractivity contribution in [1.82, 2.24) is 4.67 Å². The summed E-state index contributed by atoms with van der Waals surface area (Å²) in [5.41, 5.74) is 1.17. The van der Waals surface area contributed by atoms with Crippen LogP contribution in [-0.4, -0.2) is 17.8 Å². The molecule has 2 nitrogen and oxygen atoms in total. The summed E-state index contributed by atoms with van der Waals surface area (Å²) in [5.74, 6) is 0. The summed E-state index contributed by atoms with van der Waals surface area (Å²) in [6.45, 7) is 2.12. The van der Waals surface area contributed by atoms with Crippen molar-refractivity contribution in [1.29, 1.82) is 0 Å². The van der Waals surface area contributed by atoms with Crippen LogP contribution < -0.4 is 0 Å². The molecule has 1 heterocycles. The van der Waals surface area contributed by atoms with Gasteiger partial charge in [-0.3, -0.25) is 0 Å². The molecule has 0 amide bonds. The van der Waals surface area contributed by atoms with Crippen LogP contribution >= 0.6 is 29.7 Å². The summed E-state index contributed by atoms with van der Waals surface area (Å²) >= 11 is 10.7. The summed E-state index contributed by atoms with van der Waals surface area (Å²) in [6.07, 6.45) is -2.41. The van der Waals surface area contributed by atoms with E-state index in [1.54, 1.807) is 0 Å². The van der Waals surface area contributed by atoms with Gasteiger partial charge >= 0.3 is 101 Å². The van der Waals surface area contributed by atoms with Crippen molar-refractivity contribution in [2.24, 2.45) is 0 Å². The Morgan fingerprint density at radius 1 is 1.40 bits per heavy atom.